The summed E-state index contributed by atoms with van der Waals surface area (Å²) in [6, 6.07) is 6.36. The highest BCUT2D eigenvalue weighted by atomic mass is 32.2. The van der Waals surface area contributed by atoms with E-state index in [0.29, 0.717) is 17.2 Å². The van der Waals surface area contributed by atoms with Crippen LogP contribution >= 0.6 is 0 Å². The fraction of sp³-hybridized carbons (Fsp3) is 0.300. The fourth-order valence-corrected chi connectivity index (χ4v) is 3.71. The second kappa shape index (κ2) is 8.10. The molecule has 0 spiro atoms. The number of anilines is 1. The van der Waals surface area contributed by atoms with Crippen molar-refractivity contribution >= 4 is 15.7 Å². The molecule has 10 heteroatoms. The lowest BCUT2D eigenvalue weighted by Crippen LogP contribution is -2.19. The van der Waals surface area contributed by atoms with Crippen molar-refractivity contribution in [1.82, 2.24) is 9.97 Å². The van der Waals surface area contributed by atoms with Crippen LogP contribution in [-0.2, 0) is 14.6 Å². The van der Waals surface area contributed by atoms with Crippen LogP contribution in [0.4, 0.5) is 19.0 Å². The first-order chi connectivity index (χ1) is 13.9. The van der Waals surface area contributed by atoms with Gasteiger partial charge in [0.15, 0.2) is 9.84 Å². The maximum absolute atomic E-state index is 12.4. The zero-order chi connectivity index (χ0) is 22.1. The van der Waals surface area contributed by atoms with Gasteiger partial charge >= 0.3 is 6.36 Å². The molecule has 30 heavy (non-hydrogen) atoms. The van der Waals surface area contributed by atoms with Crippen molar-refractivity contribution in [3.05, 3.63) is 59.8 Å². The number of rotatable bonds is 5. The Morgan fingerprint density at radius 3 is 2.37 bits per heavy atom. The summed E-state index contributed by atoms with van der Waals surface area (Å²) in [5.74, 6) is 0.129. The number of hydrogen-bond donors (Lipinski definition) is 1. The Kier molecular flexibility index (Phi) is 5.89. The summed E-state index contributed by atoms with van der Waals surface area (Å²) in [6.45, 7) is 3.59. The van der Waals surface area contributed by atoms with Crippen LogP contribution in [0.1, 0.15) is 18.9 Å². The lowest BCUT2D eigenvalue weighted by molar-refractivity contribution is -0.306. The van der Waals surface area contributed by atoms with Crippen molar-refractivity contribution < 1.29 is 26.3 Å². The van der Waals surface area contributed by atoms with E-state index in [0.717, 1.165) is 17.4 Å². The average Bonchev–Trinajstić information content (AvgIpc) is 2.63. The van der Waals surface area contributed by atoms with Crippen molar-refractivity contribution in [2.45, 2.75) is 31.5 Å². The summed E-state index contributed by atoms with van der Waals surface area (Å²) in [7, 11) is -3.30. The van der Waals surface area contributed by atoms with E-state index in [2.05, 4.69) is 20.0 Å². The van der Waals surface area contributed by atoms with Crippen molar-refractivity contribution in [3.8, 4) is 11.3 Å². The smallest absolute Gasteiger partial charge is 0.410 e. The summed E-state index contributed by atoms with van der Waals surface area (Å²) in [5.41, 5.74) is 2.76. The zero-order valence-electron chi connectivity index (χ0n) is 16.5. The van der Waals surface area contributed by atoms with Crippen LogP contribution in [0, 0.1) is 12.8 Å². The number of halogens is 3. The Labute approximate surface area is 172 Å². The summed E-state index contributed by atoms with van der Waals surface area (Å²) in [5, 5.41) is 3.16. The van der Waals surface area contributed by atoms with Crippen molar-refractivity contribution in [3.63, 3.8) is 0 Å². The molecule has 1 aliphatic carbocycles. The van der Waals surface area contributed by atoms with Crippen molar-refractivity contribution in [2.75, 3.05) is 11.6 Å². The lowest BCUT2D eigenvalue weighted by atomic mass is 9.97. The van der Waals surface area contributed by atoms with Gasteiger partial charge in [-0.15, -0.1) is 13.2 Å². The molecule has 1 aliphatic rings. The van der Waals surface area contributed by atoms with Gasteiger partial charge in [-0.3, -0.25) is 0 Å². The third kappa shape index (κ3) is 5.18. The van der Waals surface area contributed by atoms with E-state index >= 15 is 0 Å². The molecule has 1 heterocycles. The molecule has 1 aromatic carbocycles. The van der Waals surface area contributed by atoms with E-state index in [9.17, 15) is 21.6 Å². The van der Waals surface area contributed by atoms with Gasteiger partial charge in [0.05, 0.1) is 10.6 Å². The fourth-order valence-electron chi connectivity index (χ4n) is 3.08. The minimum absolute atomic E-state index is 0.0995. The van der Waals surface area contributed by atoms with Crippen LogP contribution in [0.15, 0.2) is 59.1 Å². The Bertz CT molecular complexity index is 1110. The molecule has 0 saturated carbocycles. The van der Waals surface area contributed by atoms with Gasteiger partial charge in [0.1, 0.15) is 17.9 Å². The third-order valence-corrected chi connectivity index (χ3v) is 5.77. The number of benzene rings is 1. The Morgan fingerprint density at radius 1 is 1.13 bits per heavy atom. The third-order valence-electron chi connectivity index (χ3n) is 4.64. The number of nitrogens with one attached hydrogen (secondary N) is 1. The van der Waals surface area contributed by atoms with Crippen LogP contribution in [-0.4, -0.2) is 31.0 Å². The number of sulfone groups is 1. The molecule has 1 atom stereocenters. The highest BCUT2D eigenvalue weighted by Gasteiger charge is 2.33. The lowest BCUT2D eigenvalue weighted by Gasteiger charge is -2.24. The van der Waals surface area contributed by atoms with Crippen LogP contribution in [0.2, 0.25) is 0 Å². The Balaban J connectivity index is 1.85. The minimum Gasteiger partial charge on any atom is -0.410 e. The molecule has 0 bridgehead atoms. The second-order valence-corrected chi connectivity index (χ2v) is 9.04. The highest BCUT2D eigenvalue weighted by molar-refractivity contribution is 7.90. The normalized spacial score (nSPS) is 17.2. The Morgan fingerprint density at radius 2 is 1.80 bits per heavy atom. The van der Waals surface area contributed by atoms with Gasteiger partial charge in [0.25, 0.3) is 0 Å². The molecule has 160 valence electrons. The summed E-state index contributed by atoms with van der Waals surface area (Å²) in [6.07, 6.45) is 0.724. The van der Waals surface area contributed by atoms with E-state index in [4.69, 9.17) is 0 Å². The number of aromatic nitrogens is 2. The molecule has 0 fully saturated rings. The quantitative estimate of drug-likeness (QED) is 0.733. The second-order valence-electron chi connectivity index (χ2n) is 7.03. The molecule has 6 nitrogen and oxygen atoms in total. The van der Waals surface area contributed by atoms with E-state index in [-0.39, 0.29) is 23.0 Å². The van der Waals surface area contributed by atoms with E-state index in [1.807, 2.05) is 6.92 Å². The van der Waals surface area contributed by atoms with Gasteiger partial charge in [-0.25, -0.2) is 18.4 Å². The van der Waals surface area contributed by atoms with E-state index < -0.39 is 16.2 Å². The van der Waals surface area contributed by atoms with Crippen LogP contribution in [0.25, 0.3) is 11.3 Å². The molecule has 0 radical (unpaired) electrons. The molecule has 0 amide bonds. The maximum atomic E-state index is 12.4. The zero-order valence-corrected chi connectivity index (χ0v) is 17.3. The first kappa shape index (κ1) is 21.8. The molecule has 1 N–H and O–H groups in total. The molecule has 3 rings (SSSR count). The van der Waals surface area contributed by atoms with Gasteiger partial charge in [-0.2, -0.15) is 0 Å². The van der Waals surface area contributed by atoms with Gasteiger partial charge in [0.2, 0.25) is 0 Å². The number of allylic oxidation sites excluding steroid dienone is 4. The topological polar surface area (TPSA) is 81.2 Å². The van der Waals surface area contributed by atoms with Crippen molar-refractivity contribution in [2.24, 2.45) is 5.92 Å². The average molecular weight is 439 g/mol. The molecule has 2 aromatic rings. The summed E-state index contributed by atoms with van der Waals surface area (Å²) < 4.78 is 64.5. The van der Waals surface area contributed by atoms with E-state index in [1.54, 1.807) is 19.1 Å². The number of hydrogen-bond acceptors (Lipinski definition) is 6. The van der Waals surface area contributed by atoms with E-state index in [1.165, 1.54) is 30.6 Å². The summed E-state index contributed by atoms with van der Waals surface area (Å²) in [4.78, 5) is 8.74. The Hall–Kier alpha value is -2.88. The monoisotopic (exact) mass is 439 g/mol. The first-order valence-electron chi connectivity index (χ1n) is 8.99. The molecule has 1 aromatic heterocycles. The van der Waals surface area contributed by atoms with Gasteiger partial charge in [-0.05, 0) is 31.2 Å². The van der Waals surface area contributed by atoms with Gasteiger partial charge < -0.3 is 10.1 Å². The predicted octanol–water partition coefficient (Wildman–Crippen LogP) is 4.61. The maximum Gasteiger partial charge on any atom is 0.572 e. The number of alkyl halides is 3. The number of ether oxygens (including phenoxy) is 1. The van der Waals surface area contributed by atoms with Gasteiger partial charge in [-0.1, -0.05) is 19.1 Å². The molecule has 1 unspecified atom stereocenters. The van der Waals surface area contributed by atoms with Crippen LogP contribution in [0.3, 0.4) is 0 Å². The number of nitrogens with zero attached hydrogens (tertiary/aromatic N) is 2. The molecule has 0 saturated heterocycles. The molecule has 0 aliphatic heterocycles. The molecular weight excluding hydrogens is 419 g/mol. The largest absolute Gasteiger partial charge is 0.572 e. The standard InChI is InChI=1S/C20H20F3N3O3S/c1-12-10-15(29-20(21,22)23)6-9-17(12)26-19-13(2)18(24-11-25-19)14-4-7-16(8-5-14)30(3,27)28/h4-9,11-12H,10H2,1-3H3,(H,24,25,26). The highest BCUT2D eigenvalue weighted by Crippen LogP contribution is 2.32. The minimum atomic E-state index is -4.71. The van der Waals surface area contributed by atoms with Gasteiger partial charge in [0, 0.05) is 35.4 Å². The molecular formula is C20H20F3N3O3S. The van der Waals surface area contributed by atoms with Crippen LogP contribution in [0.5, 0.6) is 0 Å². The summed E-state index contributed by atoms with van der Waals surface area (Å²) >= 11 is 0. The predicted molar refractivity (Wildman–Crippen MR) is 106 cm³/mol. The van der Waals surface area contributed by atoms with Crippen LogP contribution < -0.4 is 5.32 Å². The van der Waals surface area contributed by atoms with Crippen molar-refractivity contribution in [1.29, 1.82) is 0 Å². The first-order valence-corrected chi connectivity index (χ1v) is 10.9. The SMILES string of the molecule is Cc1c(NC2=CC=C(OC(F)(F)F)CC2C)ncnc1-c1ccc(S(C)(=O)=O)cc1.